The highest BCUT2D eigenvalue weighted by atomic mass is 35.5. The average molecular weight is 278 g/mol. The predicted molar refractivity (Wildman–Crippen MR) is 67.4 cm³/mol. The number of rotatable bonds is 5. The smallest absolute Gasteiger partial charge is 0.248 e. The Kier molecular flexibility index (Phi) is 5.47. The Morgan fingerprint density at radius 2 is 2.24 bits per heavy atom. The normalized spacial score (nSPS) is 12.0. The average Bonchev–Trinajstić information content (AvgIpc) is 2.26. The molecule has 94 valence electrons. The van der Waals surface area contributed by atoms with Gasteiger partial charge in [-0.2, -0.15) is 0 Å². The topological polar surface area (TPSA) is 74.2 Å². The summed E-state index contributed by atoms with van der Waals surface area (Å²) in [4.78, 5) is 15.0. The highest BCUT2D eigenvalue weighted by Gasteiger charge is 2.07. The number of aliphatic hydroxyl groups excluding tert-OH is 1. The number of carbonyl (C=O) groups is 1. The van der Waals surface area contributed by atoms with E-state index in [1.807, 2.05) is 0 Å². The van der Waals surface area contributed by atoms with Crippen LogP contribution in [0, 0.1) is 0 Å². The van der Waals surface area contributed by atoms with Crippen molar-refractivity contribution in [2.24, 2.45) is 0 Å². The Bertz CT molecular complexity index is 399. The number of aromatic nitrogens is 1. The number of hydrogen-bond donors (Lipinski definition) is 3. The molecule has 7 heteroatoms. The van der Waals surface area contributed by atoms with Crippen molar-refractivity contribution in [1.29, 1.82) is 0 Å². The first-order valence-corrected chi connectivity index (χ1v) is 5.77. The monoisotopic (exact) mass is 277 g/mol. The summed E-state index contributed by atoms with van der Waals surface area (Å²) in [7, 11) is 0. The molecule has 0 aliphatic heterocycles. The summed E-state index contributed by atoms with van der Waals surface area (Å²) >= 11 is 11.6. The van der Waals surface area contributed by atoms with E-state index < -0.39 is 12.0 Å². The third kappa shape index (κ3) is 4.77. The Hall–Kier alpha value is -1.04. The number of nitrogens with zero attached hydrogens (tertiary/aromatic N) is 1. The fourth-order valence-electron chi connectivity index (χ4n) is 1.06. The zero-order valence-corrected chi connectivity index (χ0v) is 10.7. The van der Waals surface area contributed by atoms with Gasteiger partial charge in [-0.05, 0) is 13.0 Å². The lowest BCUT2D eigenvalue weighted by atomic mass is 10.4. The first-order valence-electron chi connectivity index (χ1n) is 5.01. The van der Waals surface area contributed by atoms with Crippen LogP contribution in [-0.2, 0) is 4.79 Å². The molecule has 0 aliphatic carbocycles. The second-order valence-electron chi connectivity index (χ2n) is 3.38. The van der Waals surface area contributed by atoms with Crippen LogP contribution in [0.3, 0.4) is 0 Å². The van der Waals surface area contributed by atoms with E-state index in [-0.39, 0.29) is 0 Å². The van der Waals surface area contributed by atoms with Gasteiger partial charge in [0.05, 0.1) is 10.0 Å². The third-order valence-electron chi connectivity index (χ3n) is 1.90. The summed E-state index contributed by atoms with van der Waals surface area (Å²) in [5.74, 6) is 0.0873. The van der Waals surface area contributed by atoms with Crippen molar-refractivity contribution >= 4 is 34.9 Å². The molecule has 0 radical (unpaired) electrons. The zero-order chi connectivity index (χ0) is 12.8. The first-order chi connectivity index (χ1) is 8.00. The number of hydrogen-bond acceptors (Lipinski definition) is 4. The summed E-state index contributed by atoms with van der Waals surface area (Å²) < 4.78 is 0. The molecule has 1 amide bonds. The van der Waals surface area contributed by atoms with Crippen LogP contribution in [0.25, 0.3) is 0 Å². The van der Waals surface area contributed by atoms with Gasteiger partial charge in [-0.1, -0.05) is 23.2 Å². The van der Waals surface area contributed by atoms with Gasteiger partial charge >= 0.3 is 0 Å². The van der Waals surface area contributed by atoms with E-state index in [9.17, 15) is 4.79 Å². The fourth-order valence-corrected chi connectivity index (χ4v) is 1.51. The first kappa shape index (κ1) is 14.0. The van der Waals surface area contributed by atoms with E-state index in [1.54, 1.807) is 6.07 Å². The van der Waals surface area contributed by atoms with Crippen LogP contribution in [0.2, 0.25) is 10.0 Å². The van der Waals surface area contributed by atoms with Gasteiger partial charge in [0.15, 0.2) is 0 Å². The molecule has 0 bridgehead atoms. The van der Waals surface area contributed by atoms with E-state index in [1.165, 1.54) is 13.1 Å². The quantitative estimate of drug-likeness (QED) is 0.710. The van der Waals surface area contributed by atoms with Crippen LogP contribution in [0.15, 0.2) is 12.3 Å². The lowest BCUT2D eigenvalue weighted by molar-refractivity contribution is -0.128. The fraction of sp³-hybridized carbons (Fsp3) is 0.400. The molecule has 0 saturated carbocycles. The minimum absolute atomic E-state index is 0.365. The number of carbonyl (C=O) groups excluding carboxylic acids is 1. The van der Waals surface area contributed by atoms with Gasteiger partial charge < -0.3 is 15.7 Å². The minimum atomic E-state index is -1.01. The number of anilines is 1. The van der Waals surface area contributed by atoms with Crippen LogP contribution in [-0.4, -0.2) is 35.2 Å². The molecule has 1 aromatic rings. The molecule has 1 rings (SSSR count). The molecule has 0 saturated heterocycles. The summed E-state index contributed by atoms with van der Waals surface area (Å²) in [6, 6.07) is 1.58. The molecule has 0 spiro atoms. The molecule has 1 atom stereocenters. The van der Waals surface area contributed by atoms with Crippen molar-refractivity contribution < 1.29 is 9.90 Å². The van der Waals surface area contributed by atoms with Crippen molar-refractivity contribution in [3.8, 4) is 0 Å². The van der Waals surface area contributed by atoms with Crippen LogP contribution in [0.4, 0.5) is 5.82 Å². The molecule has 1 aromatic heterocycles. The number of pyridine rings is 1. The summed E-state index contributed by atoms with van der Waals surface area (Å²) in [5, 5.41) is 15.3. The van der Waals surface area contributed by atoms with Gasteiger partial charge in [0.25, 0.3) is 0 Å². The lowest BCUT2D eigenvalue weighted by Gasteiger charge is -2.09. The number of nitrogens with one attached hydrogen (secondary N) is 2. The van der Waals surface area contributed by atoms with E-state index in [0.29, 0.717) is 29.0 Å². The van der Waals surface area contributed by atoms with Crippen LogP contribution in [0.5, 0.6) is 0 Å². The van der Waals surface area contributed by atoms with Gasteiger partial charge in [0, 0.05) is 19.3 Å². The molecule has 5 nitrogen and oxygen atoms in total. The maximum absolute atomic E-state index is 11.0. The highest BCUT2D eigenvalue weighted by Crippen LogP contribution is 2.21. The molecule has 1 unspecified atom stereocenters. The van der Waals surface area contributed by atoms with E-state index >= 15 is 0 Å². The second kappa shape index (κ2) is 6.64. The SMILES string of the molecule is CC(O)C(=O)NCCNc1ncc(Cl)cc1Cl. The highest BCUT2D eigenvalue weighted by molar-refractivity contribution is 6.35. The van der Waals surface area contributed by atoms with Gasteiger partial charge in [-0.25, -0.2) is 4.98 Å². The minimum Gasteiger partial charge on any atom is -0.384 e. The summed E-state index contributed by atoms with van der Waals surface area (Å²) in [5.41, 5.74) is 0. The third-order valence-corrected chi connectivity index (χ3v) is 2.40. The molecule has 0 aromatic carbocycles. The molecule has 17 heavy (non-hydrogen) atoms. The predicted octanol–water partition coefficient (Wildman–Crippen LogP) is 1.30. The van der Waals surface area contributed by atoms with Crippen molar-refractivity contribution in [3.05, 3.63) is 22.3 Å². The van der Waals surface area contributed by atoms with Gasteiger partial charge in [-0.3, -0.25) is 4.79 Å². The second-order valence-corrected chi connectivity index (χ2v) is 4.22. The van der Waals surface area contributed by atoms with E-state index in [0.717, 1.165) is 0 Å². The largest absolute Gasteiger partial charge is 0.384 e. The molecular weight excluding hydrogens is 265 g/mol. The van der Waals surface area contributed by atoms with Crippen molar-refractivity contribution in [3.63, 3.8) is 0 Å². The Balaban J connectivity index is 2.34. The Labute approximate surface area is 109 Å². The van der Waals surface area contributed by atoms with Gasteiger partial charge in [0.1, 0.15) is 11.9 Å². The zero-order valence-electron chi connectivity index (χ0n) is 9.20. The Morgan fingerprint density at radius 1 is 1.53 bits per heavy atom. The Morgan fingerprint density at radius 3 is 2.82 bits per heavy atom. The van der Waals surface area contributed by atoms with Crippen LogP contribution >= 0.6 is 23.2 Å². The summed E-state index contributed by atoms with van der Waals surface area (Å²) in [6.07, 6.45) is 0.469. The van der Waals surface area contributed by atoms with Crippen LogP contribution in [0.1, 0.15) is 6.92 Å². The summed E-state index contributed by atoms with van der Waals surface area (Å²) in [6.45, 7) is 2.22. The van der Waals surface area contributed by atoms with Crippen molar-refractivity contribution in [2.75, 3.05) is 18.4 Å². The standard InChI is InChI=1S/C10H13Cl2N3O2/c1-6(16)10(17)14-3-2-13-9-8(12)4-7(11)5-15-9/h4-6,16H,2-3H2,1H3,(H,13,15)(H,14,17). The van der Waals surface area contributed by atoms with Crippen molar-refractivity contribution in [2.45, 2.75) is 13.0 Å². The van der Waals surface area contributed by atoms with Gasteiger partial charge in [-0.15, -0.1) is 0 Å². The lowest BCUT2D eigenvalue weighted by Crippen LogP contribution is -2.35. The van der Waals surface area contributed by atoms with Crippen LogP contribution < -0.4 is 10.6 Å². The molecule has 0 fully saturated rings. The molecule has 0 aliphatic rings. The maximum atomic E-state index is 11.0. The number of aliphatic hydroxyl groups is 1. The number of amides is 1. The molecular formula is C10H13Cl2N3O2. The van der Waals surface area contributed by atoms with Crippen molar-refractivity contribution in [1.82, 2.24) is 10.3 Å². The maximum Gasteiger partial charge on any atom is 0.248 e. The van der Waals surface area contributed by atoms with E-state index in [2.05, 4.69) is 15.6 Å². The van der Waals surface area contributed by atoms with E-state index in [4.69, 9.17) is 28.3 Å². The van der Waals surface area contributed by atoms with Gasteiger partial charge in [0.2, 0.25) is 5.91 Å². The molecule has 1 heterocycles. The molecule has 3 N–H and O–H groups in total. The number of halogens is 2.